The largest absolute Gasteiger partial charge is 0.464 e. The van der Waals surface area contributed by atoms with E-state index in [0.29, 0.717) is 13.2 Å². The van der Waals surface area contributed by atoms with Crippen LogP contribution in [0.3, 0.4) is 0 Å². The molecule has 0 fully saturated rings. The second-order valence-electron chi connectivity index (χ2n) is 5.45. The molecule has 7 heteroatoms. The summed E-state index contributed by atoms with van der Waals surface area (Å²) in [5.41, 5.74) is 4.63. The Hall–Kier alpha value is -3.22. The van der Waals surface area contributed by atoms with Gasteiger partial charge in [-0.1, -0.05) is 32.6 Å². The lowest BCUT2D eigenvalue weighted by atomic mass is 10.1. The molecule has 0 spiro atoms. The molecule has 3 heterocycles. The minimum absolute atomic E-state index is 0.292. The van der Waals surface area contributed by atoms with Crippen molar-refractivity contribution < 1.29 is 9.53 Å². The molecule has 0 amide bonds. The maximum atomic E-state index is 10.8. The number of allylic oxidation sites excluding steroid dienone is 3. The Morgan fingerprint density at radius 1 is 1.26 bits per heavy atom. The van der Waals surface area contributed by atoms with Crippen LogP contribution < -0.4 is 0 Å². The van der Waals surface area contributed by atoms with Crippen LogP contribution in [-0.2, 0) is 16.1 Å². The molecule has 3 aromatic rings. The summed E-state index contributed by atoms with van der Waals surface area (Å²) in [6.45, 7) is 12.0. The highest BCUT2D eigenvalue weighted by Crippen LogP contribution is 2.25. The molecule has 0 atom stereocenters. The van der Waals surface area contributed by atoms with Gasteiger partial charge in [-0.15, -0.1) is 0 Å². The fourth-order valence-electron chi connectivity index (χ4n) is 2.58. The zero-order valence-corrected chi connectivity index (χ0v) is 16.2. The maximum Gasteiger partial charge on any atom is 0.302 e. The Balaban J connectivity index is 0.00000126. The van der Waals surface area contributed by atoms with E-state index in [1.807, 2.05) is 45.3 Å². The average Bonchev–Trinajstić information content (AvgIpc) is 3.31. The summed E-state index contributed by atoms with van der Waals surface area (Å²) < 4.78 is 8.47. The SMILES string of the molecule is C=C/C(=C\C)c1ncnn2cc(-c3cnn(CCOC(C)=O)c3)cc12.CC. The first-order valence-electron chi connectivity index (χ1n) is 8.91. The van der Waals surface area contributed by atoms with Crippen LogP contribution in [0.5, 0.6) is 0 Å². The highest BCUT2D eigenvalue weighted by Gasteiger charge is 2.11. The van der Waals surface area contributed by atoms with Gasteiger partial charge in [-0.2, -0.15) is 10.2 Å². The molecule has 27 heavy (non-hydrogen) atoms. The maximum absolute atomic E-state index is 10.8. The third-order valence-corrected chi connectivity index (χ3v) is 3.80. The number of ether oxygens (including phenoxy) is 1. The molecule has 7 nitrogen and oxygen atoms in total. The highest BCUT2D eigenvalue weighted by atomic mass is 16.5. The minimum atomic E-state index is -0.292. The summed E-state index contributed by atoms with van der Waals surface area (Å²) in [5.74, 6) is -0.292. The van der Waals surface area contributed by atoms with Crippen molar-refractivity contribution in [3.63, 3.8) is 0 Å². The van der Waals surface area contributed by atoms with Crippen LogP contribution in [0.2, 0.25) is 0 Å². The number of fused-ring (bicyclic) bond motifs is 1. The van der Waals surface area contributed by atoms with Crippen LogP contribution in [-0.4, -0.2) is 37.0 Å². The summed E-state index contributed by atoms with van der Waals surface area (Å²) in [5, 5.41) is 8.58. The molecular formula is C20H25N5O2. The van der Waals surface area contributed by atoms with Gasteiger partial charge >= 0.3 is 5.97 Å². The Bertz CT molecular complexity index is 952. The highest BCUT2D eigenvalue weighted by molar-refractivity contribution is 5.83. The van der Waals surface area contributed by atoms with Gasteiger partial charge in [-0.25, -0.2) is 9.50 Å². The van der Waals surface area contributed by atoms with E-state index in [1.165, 1.54) is 13.3 Å². The Morgan fingerprint density at radius 3 is 2.70 bits per heavy atom. The third kappa shape index (κ3) is 4.69. The van der Waals surface area contributed by atoms with Crippen molar-refractivity contribution in [1.29, 1.82) is 0 Å². The van der Waals surface area contributed by atoms with Crippen LogP contribution in [0.25, 0.3) is 22.2 Å². The van der Waals surface area contributed by atoms with E-state index in [-0.39, 0.29) is 5.97 Å². The summed E-state index contributed by atoms with van der Waals surface area (Å²) in [7, 11) is 0. The Labute approximate surface area is 159 Å². The number of rotatable bonds is 6. The van der Waals surface area contributed by atoms with E-state index in [1.54, 1.807) is 21.5 Å². The van der Waals surface area contributed by atoms with E-state index in [0.717, 1.165) is 27.9 Å². The third-order valence-electron chi connectivity index (χ3n) is 3.80. The predicted molar refractivity (Wildman–Crippen MR) is 106 cm³/mol. The molecule has 0 aliphatic rings. The molecule has 0 aliphatic heterocycles. The molecule has 0 aliphatic carbocycles. The molecule has 142 valence electrons. The van der Waals surface area contributed by atoms with Crippen molar-refractivity contribution in [3.05, 3.63) is 55.4 Å². The smallest absolute Gasteiger partial charge is 0.302 e. The Morgan fingerprint density at radius 2 is 2.04 bits per heavy atom. The monoisotopic (exact) mass is 367 g/mol. The predicted octanol–water partition coefficient (Wildman–Crippen LogP) is 3.77. The zero-order valence-electron chi connectivity index (χ0n) is 16.2. The number of carbonyl (C=O) groups excluding carboxylic acids is 1. The first-order chi connectivity index (χ1) is 13.1. The van der Waals surface area contributed by atoms with E-state index in [4.69, 9.17) is 4.74 Å². The van der Waals surface area contributed by atoms with Crippen molar-refractivity contribution in [2.24, 2.45) is 0 Å². The topological polar surface area (TPSA) is 74.3 Å². The number of hydrogen-bond acceptors (Lipinski definition) is 5. The first kappa shape index (κ1) is 20.1. The van der Waals surface area contributed by atoms with Gasteiger partial charge in [-0.05, 0) is 18.6 Å². The van der Waals surface area contributed by atoms with Crippen molar-refractivity contribution in [2.45, 2.75) is 34.2 Å². The van der Waals surface area contributed by atoms with Gasteiger partial charge in [0.05, 0.1) is 24.0 Å². The summed E-state index contributed by atoms with van der Waals surface area (Å²) >= 11 is 0. The van der Waals surface area contributed by atoms with Crippen LogP contribution in [0.4, 0.5) is 0 Å². The van der Waals surface area contributed by atoms with E-state index in [9.17, 15) is 4.79 Å². The zero-order chi connectivity index (χ0) is 19.8. The molecule has 3 rings (SSSR count). The van der Waals surface area contributed by atoms with Crippen LogP contribution >= 0.6 is 0 Å². The first-order valence-corrected chi connectivity index (χ1v) is 8.91. The lowest BCUT2D eigenvalue weighted by Gasteiger charge is -2.02. The molecule has 0 aromatic carbocycles. The number of carbonyl (C=O) groups is 1. The van der Waals surface area contributed by atoms with Gasteiger partial charge in [0.15, 0.2) is 0 Å². The van der Waals surface area contributed by atoms with Crippen LogP contribution in [0.15, 0.2) is 49.7 Å². The summed E-state index contributed by atoms with van der Waals surface area (Å²) in [4.78, 5) is 15.2. The van der Waals surface area contributed by atoms with Gasteiger partial charge in [0.1, 0.15) is 12.9 Å². The van der Waals surface area contributed by atoms with E-state index in [2.05, 4.69) is 21.8 Å². The molecule has 3 aromatic heterocycles. The lowest BCUT2D eigenvalue weighted by Crippen LogP contribution is -2.08. The number of esters is 1. The van der Waals surface area contributed by atoms with E-state index >= 15 is 0 Å². The molecule has 0 saturated heterocycles. The number of aromatic nitrogens is 5. The van der Waals surface area contributed by atoms with Crippen molar-refractivity contribution >= 4 is 17.1 Å². The van der Waals surface area contributed by atoms with Gasteiger partial charge in [0.25, 0.3) is 0 Å². The van der Waals surface area contributed by atoms with Gasteiger partial charge < -0.3 is 4.74 Å². The van der Waals surface area contributed by atoms with Crippen molar-refractivity contribution in [1.82, 2.24) is 24.4 Å². The summed E-state index contributed by atoms with van der Waals surface area (Å²) in [6.07, 6.45) is 10.9. The minimum Gasteiger partial charge on any atom is -0.464 e. The average molecular weight is 367 g/mol. The van der Waals surface area contributed by atoms with Crippen molar-refractivity contribution in [2.75, 3.05) is 6.61 Å². The lowest BCUT2D eigenvalue weighted by molar-refractivity contribution is -0.141. The summed E-state index contributed by atoms with van der Waals surface area (Å²) in [6, 6.07) is 2.02. The molecule has 0 bridgehead atoms. The number of nitrogens with zero attached hydrogens (tertiary/aromatic N) is 5. The van der Waals surface area contributed by atoms with Gasteiger partial charge in [0.2, 0.25) is 0 Å². The quantitative estimate of drug-likeness (QED) is 0.490. The number of hydrogen-bond donors (Lipinski definition) is 0. The van der Waals surface area contributed by atoms with Crippen molar-refractivity contribution in [3.8, 4) is 11.1 Å². The fourth-order valence-corrected chi connectivity index (χ4v) is 2.58. The normalized spacial score (nSPS) is 11.0. The molecular weight excluding hydrogens is 342 g/mol. The molecule has 0 N–H and O–H groups in total. The van der Waals surface area contributed by atoms with E-state index < -0.39 is 0 Å². The molecule has 0 saturated carbocycles. The van der Waals surface area contributed by atoms with Gasteiger partial charge in [0, 0.05) is 30.4 Å². The fraction of sp³-hybridized carbons (Fsp3) is 0.300. The standard InChI is InChI=1S/C18H19N5O2.C2H6/c1-4-14(5-2)18-17-8-15(11-23(17)21-12-19-18)16-9-20-22(10-16)6-7-25-13(3)24;1-2/h4-5,8-12H,1,6-7H2,2-3H3;1-2H3/b14-5+;. The molecule has 0 unspecified atom stereocenters. The van der Waals surface area contributed by atoms with Crippen LogP contribution in [0.1, 0.15) is 33.4 Å². The Kier molecular flexibility index (Phi) is 7.05. The van der Waals surface area contributed by atoms with Crippen LogP contribution in [0, 0.1) is 0 Å². The molecule has 0 radical (unpaired) electrons. The second kappa shape index (κ2) is 9.47. The van der Waals surface area contributed by atoms with Gasteiger partial charge in [-0.3, -0.25) is 9.48 Å². The second-order valence-corrected chi connectivity index (χ2v) is 5.45.